The van der Waals surface area contributed by atoms with Crippen LogP contribution in [0.2, 0.25) is 0 Å². The van der Waals surface area contributed by atoms with Gasteiger partial charge in [-0.25, -0.2) is 0 Å². The Balaban J connectivity index is 2.66. The van der Waals surface area contributed by atoms with Crippen LogP contribution in [0.4, 0.5) is 17.1 Å². The number of carbonyl (C=O) groups is 1. The zero-order valence-electron chi connectivity index (χ0n) is 10.7. The summed E-state index contributed by atoms with van der Waals surface area (Å²) in [6.07, 6.45) is 0. The van der Waals surface area contributed by atoms with Crippen LogP contribution in [0.3, 0.4) is 0 Å². The average Bonchev–Trinajstić information content (AvgIpc) is 2.46. The van der Waals surface area contributed by atoms with E-state index < -0.39 is 26.5 Å². The first-order valence-corrected chi connectivity index (χ1v) is 6.29. The van der Waals surface area contributed by atoms with Crippen molar-refractivity contribution in [1.29, 1.82) is 0 Å². The molecule has 1 aliphatic rings. The molecule has 1 heterocycles. The maximum absolute atomic E-state index is 11.5. The second kappa shape index (κ2) is 6.02. The number of morpholine rings is 1. The second-order valence-corrected chi connectivity index (χ2v) is 4.59. The molecule has 112 valence electrons. The Hall–Kier alpha value is -2.26. The van der Waals surface area contributed by atoms with Gasteiger partial charge in [0.05, 0.1) is 34.7 Å². The van der Waals surface area contributed by atoms with E-state index in [4.69, 9.17) is 16.3 Å². The van der Waals surface area contributed by atoms with Gasteiger partial charge in [0.1, 0.15) is 5.69 Å². The average molecular weight is 316 g/mol. The molecule has 0 unspecified atom stereocenters. The van der Waals surface area contributed by atoms with Crippen LogP contribution in [-0.4, -0.2) is 41.4 Å². The van der Waals surface area contributed by atoms with Crippen molar-refractivity contribution in [2.24, 2.45) is 0 Å². The van der Waals surface area contributed by atoms with Gasteiger partial charge in [0.15, 0.2) is 0 Å². The largest absolute Gasteiger partial charge is 0.378 e. The topological polar surface area (TPSA) is 116 Å². The summed E-state index contributed by atoms with van der Waals surface area (Å²) in [5.74, 6) is 0. The van der Waals surface area contributed by atoms with Crippen molar-refractivity contribution in [3.05, 3.63) is 37.9 Å². The van der Waals surface area contributed by atoms with Gasteiger partial charge in [-0.05, 0) is 11.6 Å². The molecule has 2 rings (SSSR count). The number of halogens is 1. The first-order chi connectivity index (χ1) is 9.91. The molecular formula is C11H10ClN3O6. The maximum Gasteiger partial charge on any atom is 0.300 e. The molecule has 0 amide bonds. The van der Waals surface area contributed by atoms with Gasteiger partial charge in [-0.1, -0.05) is 0 Å². The molecule has 1 aromatic rings. The molecule has 9 nitrogen and oxygen atoms in total. The van der Waals surface area contributed by atoms with Gasteiger partial charge in [-0.15, -0.1) is 0 Å². The quantitative estimate of drug-likeness (QED) is 0.471. The Morgan fingerprint density at radius 1 is 1.19 bits per heavy atom. The van der Waals surface area contributed by atoms with Crippen LogP contribution in [-0.2, 0) is 4.74 Å². The van der Waals surface area contributed by atoms with Crippen molar-refractivity contribution < 1.29 is 19.4 Å². The number of nitro groups is 2. The molecule has 0 aromatic heterocycles. The van der Waals surface area contributed by atoms with Gasteiger partial charge < -0.3 is 9.64 Å². The van der Waals surface area contributed by atoms with Crippen molar-refractivity contribution in [3.8, 4) is 0 Å². The highest BCUT2D eigenvalue weighted by Crippen LogP contribution is 2.37. The number of nitrogens with zero attached hydrogens (tertiary/aromatic N) is 3. The number of hydrogen-bond acceptors (Lipinski definition) is 7. The number of nitro benzene ring substituents is 2. The zero-order valence-corrected chi connectivity index (χ0v) is 11.4. The molecule has 0 aliphatic carbocycles. The third kappa shape index (κ3) is 3.09. The Bertz CT molecular complexity index is 579. The zero-order chi connectivity index (χ0) is 15.6. The first-order valence-electron chi connectivity index (χ1n) is 5.91. The fourth-order valence-corrected chi connectivity index (χ4v) is 2.26. The standard InChI is InChI=1S/C11H10ClN3O6/c12-11(16)8-5-7(14(17)18)6-9(15(19)20)10(8)13-1-3-21-4-2-13/h5-6H,1-4H2. The SMILES string of the molecule is O=C(Cl)c1cc([N+](=O)[O-])cc([N+](=O)[O-])c1N1CCOCC1. The van der Waals surface area contributed by atoms with E-state index in [1.807, 2.05) is 0 Å². The van der Waals surface area contributed by atoms with Crippen LogP contribution >= 0.6 is 11.6 Å². The van der Waals surface area contributed by atoms with E-state index in [9.17, 15) is 25.0 Å². The lowest BCUT2D eigenvalue weighted by Crippen LogP contribution is -2.37. The normalized spacial score (nSPS) is 14.8. The third-order valence-electron chi connectivity index (χ3n) is 3.02. The Morgan fingerprint density at radius 3 is 2.29 bits per heavy atom. The summed E-state index contributed by atoms with van der Waals surface area (Å²) in [6.45, 7) is 1.33. The van der Waals surface area contributed by atoms with Gasteiger partial charge in [-0.3, -0.25) is 25.0 Å². The molecule has 0 radical (unpaired) electrons. The van der Waals surface area contributed by atoms with Crippen molar-refractivity contribution in [2.45, 2.75) is 0 Å². The van der Waals surface area contributed by atoms with Gasteiger partial charge in [0, 0.05) is 19.2 Å². The molecule has 21 heavy (non-hydrogen) atoms. The molecule has 1 saturated heterocycles. The van der Waals surface area contributed by atoms with E-state index in [0.29, 0.717) is 26.3 Å². The van der Waals surface area contributed by atoms with Crippen molar-refractivity contribution in [2.75, 3.05) is 31.2 Å². The number of non-ortho nitro benzene ring substituents is 1. The summed E-state index contributed by atoms with van der Waals surface area (Å²) in [5.41, 5.74) is -1.33. The highest BCUT2D eigenvalue weighted by Gasteiger charge is 2.31. The van der Waals surface area contributed by atoms with Gasteiger partial charge >= 0.3 is 0 Å². The Kier molecular flexibility index (Phi) is 4.34. The molecule has 1 fully saturated rings. The predicted octanol–water partition coefficient (Wildman–Crippen LogP) is 1.72. The molecule has 0 spiro atoms. The van der Waals surface area contributed by atoms with E-state index in [0.717, 1.165) is 12.1 Å². The van der Waals surface area contributed by atoms with Crippen molar-refractivity contribution in [1.82, 2.24) is 0 Å². The Morgan fingerprint density at radius 2 is 1.81 bits per heavy atom. The second-order valence-electron chi connectivity index (χ2n) is 4.25. The molecule has 1 aliphatic heterocycles. The van der Waals surface area contributed by atoms with Crippen LogP contribution < -0.4 is 4.90 Å². The number of ether oxygens (including phenoxy) is 1. The number of anilines is 1. The molecule has 10 heteroatoms. The molecule has 0 atom stereocenters. The summed E-state index contributed by atoms with van der Waals surface area (Å²) in [6, 6.07) is 1.78. The monoisotopic (exact) mass is 315 g/mol. The Labute approximate surface area is 123 Å². The van der Waals surface area contributed by atoms with Crippen LogP contribution in [0.1, 0.15) is 10.4 Å². The van der Waals surface area contributed by atoms with Crippen LogP contribution in [0.5, 0.6) is 0 Å². The lowest BCUT2D eigenvalue weighted by molar-refractivity contribution is -0.393. The molecule has 1 aromatic carbocycles. The van der Waals surface area contributed by atoms with Crippen LogP contribution in [0.25, 0.3) is 0 Å². The highest BCUT2D eigenvalue weighted by atomic mass is 35.5. The number of benzene rings is 1. The third-order valence-corrected chi connectivity index (χ3v) is 3.22. The lowest BCUT2D eigenvalue weighted by Gasteiger charge is -2.29. The van der Waals surface area contributed by atoms with Gasteiger partial charge in [0.2, 0.25) is 0 Å². The molecule has 0 bridgehead atoms. The highest BCUT2D eigenvalue weighted by molar-refractivity contribution is 6.68. The summed E-state index contributed by atoms with van der Waals surface area (Å²) in [5, 5.41) is 21.0. The lowest BCUT2D eigenvalue weighted by atomic mass is 10.1. The van der Waals surface area contributed by atoms with E-state index in [2.05, 4.69) is 0 Å². The summed E-state index contributed by atoms with van der Waals surface area (Å²) in [4.78, 5) is 33.5. The molecule has 0 N–H and O–H groups in total. The summed E-state index contributed by atoms with van der Waals surface area (Å²) < 4.78 is 5.15. The minimum atomic E-state index is -0.983. The van der Waals surface area contributed by atoms with E-state index in [1.54, 1.807) is 4.90 Å². The van der Waals surface area contributed by atoms with E-state index in [1.165, 1.54) is 0 Å². The fourth-order valence-electron chi connectivity index (χ4n) is 2.12. The van der Waals surface area contributed by atoms with Crippen LogP contribution in [0, 0.1) is 20.2 Å². The fraction of sp³-hybridized carbons (Fsp3) is 0.364. The molecular weight excluding hydrogens is 306 g/mol. The smallest absolute Gasteiger partial charge is 0.300 e. The van der Waals surface area contributed by atoms with Crippen molar-refractivity contribution in [3.63, 3.8) is 0 Å². The van der Waals surface area contributed by atoms with Gasteiger partial charge in [0.25, 0.3) is 16.6 Å². The number of rotatable bonds is 4. The minimum Gasteiger partial charge on any atom is -0.378 e. The van der Waals surface area contributed by atoms with Crippen molar-refractivity contribution >= 4 is 33.9 Å². The number of hydrogen-bond donors (Lipinski definition) is 0. The van der Waals surface area contributed by atoms with E-state index in [-0.39, 0.29) is 11.3 Å². The van der Waals surface area contributed by atoms with E-state index >= 15 is 0 Å². The predicted molar refractivity (Wildman–Crippen MR) is 73.0 cm³/mol. The van der Waals surface area contributed by atoms with Crippen LogP contribution in [0.15, 0.2) is 12.1 Å². The maximum atomic E-state index is 11.5. The summed E-state index contributed by atoms with van der Waals surface area (Å²) >= 11 is 5.44. The first kappa shape index (κ1) is 15.1. The minimum absolute atomic E-state index is 0.00565. The van der Waals surface area contributed by atoms with Gasteiger partial charge in [-0.2, -0.15) is 0 Å². The summed E-state index contributed by atoms with van der Waals surface area (Å²) in [7, 11) is 0. The number of carbonyl (C=O) groups excluding carboxylic acids is 1. The molecule has 0 saturated carbocycles.